The van der Waals surface area contributed by atoms with Crippen LogP contribution in [-0.2, 0) is 0 Å². The molecule has 0 amide bonds. The lowest BCUT2D eigenvalue weighted by Crippen LogP contribution is -1.72. The summed E-state index contributed by atoms with van der Waals surface area (Å²) in [5.41, 5.74) is 5.66. The number of anilines is 1. The summed E-state index contributed by atoms with van der Waals surface area (Å²) in [4.78, 5) is 0. The Morgan fingerprint density at radius 2 is 2.09 bits per heavy atom. The van der Waals surface area contributed by atoms with E-state index in [9.17, 15) is 0 Å². The van der Waals surface area contributed by atoms with Gasteiger partial charge in [-0.1, -0.05) is 0 Å². The number of benzene rings is 1. The quantitative estimate of drug-likeness (QED) is 0.735. The molecule has 0 bridgehead atoms. The third-order valence-corrected chi connectivity index (χ3v) is 3.11. The Labute approximate surface area is 82.4 Å². The maximum Gasteiger partial charge on any atom is 0.0868 e. The molecule has 2 aromatic rings. The Kier molecular flexibility index (Phi) is 1.77. The van der Waals surface area contributed by atoms with Gasteiger partial charge in [0.05, 0.1) is 5.00 Å². The molecular formula is C8H6INS. The van der Waals surface area contributed by atoms with Gasteiger partial charge in [-0.3, -0.25) is 0 Å². The van der Waals surface area contributed by atoms with Crippen molar-refractivity contribution < 1.29 is 0 Å². The van der Waals surface area contributed by atoms with Crippen LogP contribution in [0.4, 0.5) is 5.00 Å². The van der Waals surface area contributed by atoms with Crippen molar-refractivity contribution in [2.24, 2.45) is 0 Å². The third kappa shape index (κ3) is 1.35. The number of fused-ring (bicyclic) bond motifs is 1. The molecule has 2 N–H and O–H groups in total. The lowest BCUT2D eigenvalue weighted by molar-refractivity contribution is 1.76. The predicted molar refractivity (Wildman–Crippen MR) is 59.0 cm³/mol. The van der Waals surface area contributed by atoms with Crippen molar-refractivity contribution in [3.05, 3.63) is 27.8 Å². The molecule has 0 spiro atoms. The van der Waals surface area contributed by atoms with Gasteiger partial charge in [-0.05, 0) is 52.2 Å². The molecule has 0 fully saturated rings. The Balaban J connectivity index is 2.82. The average molecular weight is 275 g/mol. The Morgan fingerprint density at radius 3 is 2.91 bits per heavy atom. The van der Waals surface area contributed by atoms with E-state index in [1.54, 1.807) is 11.3 Å². The molecule has 11 heavy (non-hydrogen) atoms. The van der Waals surface area contributed by atoms with E-state index >= 15 is 0 Å². The first-order chi connectivity index (χ1) is 5.25. The second-order valence-corrected chi connectivity index (χ2v) is 4.69. The summed E-state index contributed by atoms with van der Waals surface area (Å²) in [5.74, 6) is 0. The molecule has 0 radical (unpaired) electrons. The topological polar surface area (TPSA) is 26.0 Å². The van der Waals surface area contributed by atoms with Gasteiger partial charge >= 0.3 is 0 Å². The molecule has 1 aromatic carbocycles. The summed E-state index contributed by atoms with van der Waals surface area (Å²) in [6.07, 6.45) is 0. The molecule has 1 nitrogen and oxygen atoms in total. The third-order valence-electron chi connectivity index (χ3n) is 1.50. The Hall–Kier alpha value is -0.290. The van der Waals surface area contributed by atoms with Gasteiger partial charge in [0.2, 0.25) is 0 Å². The van der Waals surface area contributed by atoms with Crippen molar-refractivity contribution in [2.75, 3.05) is 5.73 Å². The summed E-state index contributed by atoms with van der Waals surface area (Å²) in [6.45, 7) is 0. The second-order valence-electron chi connectivity index (χ2n) is 2.33. The molecule has 0 aliphatic heterocycles. The molecule has 56 valence electrons. The van der Waals surface area contributed by atoms with E-state index in [1.165, 1.54) is 13.7 Å². The molecular weight excluding hydrogens is 269 g/mol. The van der Waals surface area contributed by atoms with E-state index in [2.05, 4.69) is 40.8 Å². The summed E-state index contributed by atoms with van der Waals surface area (Å²) >= 11 is 3.94. The number of halogens is 1. The van der Waals surface area contributed by atoms with Gasteiger partial charge in [0.25, 0.3) is 0 Å². The fourth-order valence-corrected chi connectivity index (χ4v) is 2.36. The number of thiophene rings is 1. The standard InChI is InChI=1S/C8H6INS/c9-6-1-2-7-5(3-6)4-8(10)11-7/h1-4H,10H2. The van der Waals surface area contributed by atoms with Crippen molar-refractivity contribution in [3.63, 3.8) is 0 Å². The first kappa shape index (κ1) is 7.36. The van der Waals surface area contributed by atoms with Crippen LogP contribution < -0.4 is 5.73 Å². The molecule has 0 saturated carbocycles. The zero-order chi connectivity index (χ0) is 7.84. The minimum atomic E-state index is 0.891. The molecule has 0 aliphatic rings. The minimum Gasteiger partial charge on any atom is -0.391 e. The molecule has 1 heterocycles. The molecule has 0 saturated heterocycles. The number of nitrogen functional groups attached to an aromatic ring is 1. The minimum absolute atomic E-state index is 0.891. The van der Waals surface area contributed by atoms with Crippen LogP contribution in [-0.4, -0.2) is 0 Å². The van der Waals surface area contributed by atoms with Crippen molar-refractivity contribution in [1.82, 2.24) is 0 Å². The van der Waals surface area contributed by atoms with Gasteiger partial charge in [-0.2, -0.15) is 0 Å². The highest BCUT2D eigenvalue weighted by Gasteiger charge is 1.97. The molecule has 0 atom stereocenters. The smallest absolute Gasteiger partial charge is 0.0868 e. The van der Waals surface area contributed by atoms with E-state index in [4.69, 9.17) is 5.73 Å². The van der Waals surface area contributed by atoms with Gasteiger partial charge in [-0.25, -0.2) is 0 Å². The van der Waals surface area contributed by atoms with E-state index in [0.717, 1.165) is 5.00 Å². The fraction of sp³-hybridized carbons (Fsp3) is 0. The SMILES string of the molecule is Nc1cc2cc(I)ccc2s1. The first-order valence-electron chi connectivity index (χ1n) is 3.20. The number of hydrogen-bond acceptors (Lipinski definition) is 2. The van der Waals surface area contributed by atoms with Crippen LogP contribution >= 0.6 is 33.9 Å². The van der Waals surface area contributed by atoms with Crippen molar-refractivity contribution in [1.29, 1.82) is 0 Å². The van der Waals surface area contributed by atoms with Gasteiger partial charge in [0, 0.05) is 8.27 Å². The normalized spacial score (nSPS) is 10.6. The van der Waals surface area contributed by atoms with E-state index in [-0.39, 0.29) is 0 Å². The van der Waals surface area contributed by atoms with Crippen molar-refractivity contribution >= 4 is 49.0 Å². The van der Waals surface area contributed by atoms with Crippen LogP contribution in [0.2, 0.25) is 0 Å². The molecule has 0 aliphatic carbocycles. The van der Waals surface area contributed by atoms with Crippen LogP contribution in [0.25, 0.3) is 10.1 Å². The van der Waals surface area contributed by atoms with Crippen LogP contribution in [0.5, 0.6) is 0 Å². The highest BCUT2D eigenvalue weighted by atomic mass is 127. The predicted octanol–water partition coefficient (Wildman–Crippen LogP) is 3.09. The lowest BCUT2D eigenvalue weighted by Gasteiger charge is -1.88. The maximum absolute atomic E-state index is 5.66. The van der Waals surface area contributed by atoms with Gasteiger partial charge in [0.1, 0.15) is 0 Å². The summed E-state index contributed by atoms with van der Waals surface area (Å²) in [5, 5.41) is 2.14. The van der Waals surface area contributed by atoms with Gasteiger partial charge in [-0.15, -0.1) is 11.3 Å². The highest BCUT2D eigenvalue weighted by molar-refractivity contribution is 14.1. The first-order valence-corrected chi connectivity index (χ1v) is 5.10. The largest absolute Gasteiger partial charge is 0.391 e. The van der Waals surface area contributed by atoms with E-state index in [1.807, 2.05) is 6.07 Å². The number of nitrogens with two attached hydrogens (primary N) is 1. The van der Waals surface area contributed by atoms with Crippen LogP contribution in [0.15, 0.2) is 24.3 Å². The van der Waals surface area contributed by atoms with Crippen LogP contribution in [0.1, 0.15) is 0 Å². The van der Waals surface area contributed by atoms with E-state index in [0.29, 0.717) is 0 Å². The van der Waals surface area contributed by atoms with Gasteiger partial charge < -0.3 is 5.73 Å². The average Bonchev–Trinajstić information content (AvgIpc) is 2.27. The summed E-state index contributed by atoms with van der Waals surface area (Å²) in [6, 6.07) is 8.36. The fourth-order valence-electron chi connectivity index (χ4n) is 1.03. The zero-order valence-corrected chi connectivity index (χ0v) is 8.65. The Morgan fingerprint density at radius 1 is 1.27 bits per heavy atom. The summed E-state index contributed by atoms with van der Waals surface area (Å²) in [7, 11) is 0. The van der Waals surface area contributed by atoms with Gasteiger partial charge in [0.15, 0.2) is 0 Å². The number of rotatable bonds is 0. The number of hydrogen-bond donors (Lipinski definition) is 1. The molecule has 1 aromatic heterocycles. The molecule has 2 rings (SSSR count). The molecule has 0 unspecified atom stereocenters. The Bertz CT molecular complexity index is 394. The molecule has 3 heteroatoms. The lowest BCUT2D eigenvalue weighted by atomic mass is 10.3. The van der Waals surface area contributed by atoms with Crippen LogP contribution in [0.3, 0.4) is 0 Å². The zero-order valence-electron chi connectivity index (χ0n) is 5.67. The van der Waals surface area contributed by atoms with Crippen molar-refractivity contribution in [3.8, 4) is 0 Å². The van der Waals surface area contributed by atoms with Crippen LogP contribution in [0, 0.1) is 3.57 Å². The second kappa shape index (κ2) is 2.64. The highest BCUT2D eigenvalue weighted by Crippen LogP contribution is 2.28. The summed E-state index contributed by atoms with van der Waals surface area (Å²) < 4.78 is 2.52. The maximum atomic E-state index is 5.66. The monoisotopic (exact) mass is 275 g/mol. The van der Waals surface area contributed by atoms with Crippen molar-refractivity contribution in [2.45, 2.75) is 0 Å². The van der Waals surface area contributed by atoms with E-state index < -0.39 is 0 Å².